The maximum Gasteiger partial charge on any atom is 0.287 e. The first-order valence-electron chi connectivity index (χ1n) is 3.96. The highest BCUT2D eigenvalue weighted by molar-refractivity contribution is 7.99. The molecule has 1 heterocycles. The molecule has 0 amide bonds. The second-order valence-electron chi connectivity index (χ2n) is 2.45. The van der Waals surface area contributed by atoms with E-state index in [0.717, 1.165) is 10.8 Å². The Balaban J connectivity index is 2.51. The fraction of sp³-hybridized carbons (Fsp3) is 0.375. The van der Waals surface area contributed by atoms with Gasteiger partial charge in [0.25, 0.3) is 5.69 Å². The minimum Gasteiger partial charge on any atom is -0.384 e. The van der Waals surface area contributed by atoms with Crippen molar-refractivity contribution >= 4 is 17.4 Å². The van der Waals surface area contributed by atoms with E-state index >= 15 is 0 Å². The zero-order valence-electron chi connectivity index (χ0n) is 7.67. The molecule has 0 bridgehead atoms. The van der Waals surface area contributed by atoms with E-state index in [1.54, 1.807) is 13.2 Å². The van der Waals surface area contributed by atoms with E-state index in [1.807, 2.05) is 0 Å². The van der Waals surface area contributed by atoms with Gasteiger partial charge in [0.05, 0.1) is 16.6 Å². The van der Waals surface area contributed by atoms with Crippen molar-refractivity contribution in [3.05, 3.63) is 28.4 Å². The molecule has 1 aromatic rings. The molecule has 0 saturated heterocycles. The molecule has 0 unspecified atom stereocenters. The first-order valence-corrected chi connectivity index (χ1v) is 4.95. The van der Waals surface area contributed by atoms with Crippen LogP contribution in [-0.4, -0.2) is 29.4 Å². The summed E-state index contributed by atoms with van der Waals surface area (Å²) in [5.41, 5.74) is 0.0149. The van der Waals surface area contributed by atoms with E-state index < -0.39 is 4.92 Å². The van der Waals surface area contributed by atoms with Crippen LogP contribution in [0, 0.1) is 10.1 Å². The van der Waals surface area contributed by atoms with Crippen molar-refractivity contribution in [2.24, 2.45) is 0 Å². The van der Waals surface area contributed by atoms with Gasteiger partial charge in [-0.1, -0.05) is 0 Å². The Morgan fingerprint density at radius 2 is 2.43 bits per heavy atom. The molecule has 1 rings (SSSR count). The lowest BCUT2D eigenvalue weighted by atomic mass is 10.4. The Morgan fingerprint density at radius 1 is 1.64 bits per heavy atom. The molecule has 0 aliphatic heterocycles. The molecule has 5 nitrogen and oxygen atoms in total. The van der Waals surface area contributed by atoms with E-state index in [-0.39, 0.29) is 5.69 Å². The highest BCUT2D eigenvalue weighted by Gasteiger charge is 2.04. The number of hydrogen-bond donors (Lipinski definition) is 0. The Bertz CT molecular complexity index is 302. The van der Waals surface area contributed by atoms with E-state index in [1.165, 1.54) is 24.0 Å². The highest BCUT2D eigenvalue weighted by Crippen LogP contribution is 2.17. The maximum absolute atomic E-state index is 10.3. The quantitative estimate of drug-likeness (QED) is 0.323. The van der Waals surface area contributed by atoms with Gasteiger partial charge in [-0.05, 0) is 6.07 Å². The third-order valence-corrected chi connectivity index (χ3v) is 2.38. The second kappa shape index (κ2) is 5.56. The van der Waals surface area contributed by atoms with Crippen molar-refractivity contribution in [2.45, 2.75) is 5.03 Å². The lowest BCUT2D eigenvalue weighted by Gasteiger charge is -1.98. The third-order valence-electron chi connectivity index (χ3n) is 1.47. The summed E-state index contributed by atoms with van der Waals surface area (Å²) in [6.45, 7) is 0.642. The first-order chi connectivity index (χ1) is 6.74. The normalized spacial score (nSPS) is 10.1. The highest BCUT2D eigenvalue weighted by atomic mass is 32.2. The number of methoxy groups -OCH3 is 1. The minimum atomic E-state index is -0.462. The topological polar surface area (TPSA) is 65.3 Å². The summed E-state index contributed by atoms with van der Waals surface area (Å²) in [4.78, 5) is 13.8. The van der Waals surface area contributed by atoms with Crippen molar-refractivity contribution in [1.29, 1.82) is 0 Å². The lowest BCUT2D eigenvalue weighted by molar-refractivity contribution is -0.385. The maximum atomic E-state index is 10.3. The van der Waals surface area contributed by atoms with E-state index in [4.69, 9.17) is 4.74 Å². The van der Waals surface area contributed by atoms with Crippen molar-refractivity contribution < 1.29 is 9.66 Å². The summed E-state index contributed by atoms with van der Waals surface area (Å²) in [6.07, 6.45) is 1.26. The molecule has 0 atom stereocenters. The third kappa shape index (κ3) is 3.31. The molecule has 0 radical (unpaired) electrons. The first kappa shape index (κ1) is 10.9. The summed E-state index contributed by atoms with van der Waals surface area (Å²) >= 11 is 1.51. The Hall–Kier alpha value is -1.14. The number of pyridine rings is 1. The number of hydrogen-bond acceptors (Lipinski definition) is 5. The predicted octanol–water partition coefficient (Wildman–Crippen LogP) is 1.73. The predicted molar refractivity (Wildman–Crippen MR) is 53.5 cm³/mol. The summed E-state index contributed by atoms with van der Waals surface area (Å²) in [6, 6.07) is 3.08. The summed E-state index contributed by atoms with van der Waals surface area (Å²) in [5.74, 6) is 0.793. The number of nitrogens with zero attached hydrogens (tertiary/aromatic N) is 2. The largest absolute Gasteiger partial charge is 0.384 e. The van der Waals surface area contributed by atoms with Crippen LogP contribution in [0.5, 0.6) is 0 Å². The molecule has 6 heteroatoms. The van der Waals surface area contributed by atoms with E-state index in [0.29, 0.717) is 6.61 Å². The zero-order chi connectivity index (χ0) is 10.4. The standard InChI is InChI=1S/C8H10N2O3S/c1-13-4-5-14-8-3-2-7(6-9-8)10(11)12/h2-3,6H,4-5H2,1H3. The van der Waals surface area contributed by atoms with Gasteiger partial charge >= 0.3 is 0 Å². The summed E-state index contributed by atoms with van der Waals surface area (Å²) < 4.78 is 4.87. The van der Waals surface area contributed by atoms with Crippen LogP contribution in [0.1, 0.15) is 0 Å². The molecule has 14 heavy (non-hydrogen) atoms. The fourth-order valence-corrected chi connectivity index (χ4v) is 1.55. The van der Waals surface area contributed by atoms with E-state index in [2.05, 4.69) is 4.98 Å². The van der Waals surface area contributed by atoms with Crippen LogP contribution in [0.25, 0.3) is 0 Å². The van der Waals surface area contributed by atoms with Gasteiger partial charge in [0.2, 0.25) is 0 Å². The number of nitro groups is 1. The van der Waals surface area contributed by atoms with Crippen LogP contribution in [-0.2, 0) is 4.74 Å². The number of ether oxygens (including phenoxy) is 1. The molecule has 0 spiro atoms. The number of aromatic nitrogens is 1. The summed E-state index contributed by atoms with van der Waals surface area (Å²) in [5, 5.41) is 11.1. The molecule has 0 N–H and O–H groups in total. The van der Waals surface area contributed by atoms with Crippen LogP contribution in [0.3, 0.4) is 0 Å². The van der Waals surface area contributed by atoms with Crippen molar-refractivity contribution in [1.82, 2.24) is 4.98 Å². The molecule has 76 valence electrons. The van der Waals surface area contributed by atoms with Crippen LogP contribution >= 0.6 is 11.8 Å². The van der Waals surface area contributed by atoms with Crippen LogP contribution < -0.4 is 0 Å². The zero-order valence-corrected chi connectivity index (χ0v) is 8.49. The SMILES string of the molecule is COCCSc1ccc([N+](=O)[O-])cn1. The van der Waals surface area contributed by atoms with Gasteiger partial charge in [-0.3, -0.25) is 10.1 Å². The van der Waals surface area contributed by atoms with Crippen molar-refractivity contribution in [3.8, 4) is 0 Å². The molecule has 1 aromatic heterocycles. The monoisotopic (exact) mass is 214 g/mol. The average molecular weight is 214 g/mol. The number of thioether (sulfide) groups is 1. The van der Waals surface area contributed by atoms with Gasteiger partial charge in [0.1, 0.15) is 6.20 Å². The smallest absolute Gasteiger partial charge is 0.287 e. The number of rotatable bonds is 5. The van der Waals surface area contributed by atoms with Crippen LogP contribution in [0.2, 0.25) is 0 Å². The van der Waals surface area contributed by atoms with E-state index in [9.17, 15) is 10.1 Å². The van der Waals surface area contributed by atoms with Crippen molar-refractivity contribution in [2.75, 3.05) is 19.5 Å². The lowest BCUT2D eigenvalue weighted by Crippen LogP contribution is -1.93. The fourth-order valence-electron chi connectivity index (χ4n) is 0.795. The molecule has 0 saturated carbocycles. The van der Waals surface area contributed by atoms with Crippen LogP contribution in [0.15, 0.2) is 23.4 Å². The average Bonchev–Trinajstić information content (AvgIpc) is 2.19. The molecule has 0 aliphatic carbocycles. The Morgan fingerprint density at radius 3 is 2.93 bits per heavy atom. The minimum absolute atomic E-state index is 0.0149. The molecular weight excluding hydrogens is 204 g/mol. The van der Waals surface area contributed by atoms with Crippen molar-refractivity contribution in [3.63, 3.8) is 0 Å². The molecular formula is C8H10N2O3S. The van der Waals surface area contributed by atoms with Gasteiger partial charge in [-0.2, -0.15) is 0 Å². The summed E-state index contributed by atoms with van der Waals surface area (Å²) in [7, 11) is 1.63. The van der Waals surface area contributed by atoms with Gasteiger partial charge in [-0.15, -0.1) is 11.8 Å². The Labute approximate surface area is 85.6 Å². The van der Waals surface area contributed by atoms with Gasteiger partial charge in [0.15, 0.2) is 0 Å². The van der Waals surface area contributed by atoms with Gasteiger partial charge in [-0.25, -0.2) is 4.98 Å². The van der Waals surface area contributed by atoms with Gasteiger partial charge < -0.3 is 4.74 Å². The molecule has 0 aliphatic rings. The second-order valence-corrected chi connectivity index (χ2v) is 3.57. The molecule has 0 fully saturated rings. The van der Waals surface area contributed by atoms with Crippen LogP contribution in [0.4, 0.5) is 5.69 Å². The molecule has 0 aromatic carbocycles. The van der Waals surface area contributed by atoms with Gasteiger partial charge in [0, 0.05) is 18.9 Å². The Kier molecular flexibility index (Phi) is 4.34.